The molecule has 0 aromatic heterocycles. The van der Waals surface area contributed by atoms with Crippen LogP contribution in [0.5, 0.6) is 5.75 Å². The number of hydrogen-bond donors (Lipinski definition) is 1. The number of benzene rings is 1. The average molecular weight is 241 g/mol. The fraction of sp³-hybridized carbons (Fsp3) is 0.538. The zero-order valence-electron chi connectivity index (χ0n) is 10.0. The number of rotatable bonds is 2. The lowest BCUT2D eigenvalue weighted by Gasteiger charge is -2.33. The lowest BCUT2D eigenvalue weighted by atomic mass is 9.98. The molecule has 2 atom stereocenters. The molecule has 94 valence electrons. The molecule has 2 unspecified atom stereocenters. The van der Waals surface area contributed by atoms with Crippen LogP contribution in [0.4, 0.5) is 8.78 Å². The fourth-order valence-corrected chi connectivity index (χ4v) is 2.35. The summed E-state index contributed by atoms with van der Waals surface area (Å²) in [6, 6.07) is 4.43. The van der Waals surface area contributed by atoms with Crippen LogP contribution < -0.4 is 10.1 Å². The molecule has 4 heteroatoms. The van der Waals surface area contributed by atoms with E-state index in [0.29, 0.717) is 17.8 Å². The van der Waals surface area contributed by atoms with Crippen LogP contribution >= 0.6 is 0 Å². The van der Waals surface area contributed by atoms with E-state index in [4.69, 9.17) is 4.74 Å². The number of halogens is 2. The van der Waals surface area contributed by atoms with Crippen molar-refractivity contribution in [2.45, 2.75) is 44.9 Å². The van der Waals surface area contributed by atoms with Gasteiger partial charge in [0, 0.05) is 18.2 Å². The van der Waals surface area contributed by atoms with Gasteiger partial charge in [0.15, 0.2) is 11.6 Å². The monoisotopic (exact) mass is 241 g/mol. The summed E-state index contributed by atoms with van der Waals surface area (Å²) in [5.74, 6) is -1.31. The van der Waals surface area contributed by atoms with Crippen LogP contribution in [0.1, 0.15) is 26.7 Å². The Bertz CT molecular complexity index is 387. The van der Waals surface area contributed by atoms with Gasteiger partial charge in [-0.1, -0.05) is 0 Å². The molecule has 0 aliphatic carbocycles. The van der Waals surface area contributed by atoms with E-state index in [1.54, 1.807) is 0 Å². The first kappa shape index (κ1) is 12.3. The third-order valence-electron chi connectivity index (χ3n) is 3.00. The predicted molar refractivity (Wildman–Crippen MR) is 62.1 cm³/mol. The molecule has 1 heterocycles. The second-order valence-corrected chi connectivity index (χ2v) is 4.76. The topological polar surface area (TPSA) is 21.3 Å². The highest BCUT2D eigenvalue weighted by molar-refractivity contribution is 5.24. The van der Waals surface area contributed by atoms with Crippen LogP contribution in [0.15, 0.2) is 18.2 Å². The molecule has 1 aliphatic heterocycles. The first-order chi connectivity index (χ1) is 8.04. The molecule has 2 nitrogen and oxygen atoms in total. The largest absolute Gasteiger partial charge is 0.490 e. The normalized spacial score (nSPS) is 29.1. The lowest BCUT2D eigenvalue weighted by Crippen LogP contribution is -2.46. The lowest BCUT2D eigenvalue weighted by molar-refractivity contribution is 0.123. The molecule has 0 bridgehead atoms. The van der Waals surface area contributed by atoms with Crippen LogP contribution in [0, 0.1) is 11.6 Å². The first-order valence-electron chi connectivity index (χ1n) is 5.92. The molecule has 0 radical (unpaired) electrons. The Morgan fingerprint density at radius 2 is 1.76 bits per heavy atom. The van der Waals surface area contributed by atoms with Gasteiger partial charge in [-0.15, -0.1) is 0 Å². The van der Waals surface area contributed by atoms with E-state index in [0.717, 1.165) is 25.0 Å². The third-order valence-corrected chi connectivity index (χ3v) is 3.00. The highest BCUT2D eigenvalue weighted by Gasteiger charge is 2.24. The summed E-state index contributed by atoms with van der Waals surface area (Å²) in [6.07, 6.45) is 1.82. The molecular weight excluding hydrogens is 224 g/mol. The SMILES string of the molecule is CC1CC(Oc2ccc(F)c(F)c2)CC(C)N1. The molecule has 1 aromatic rings. The smallest absolute Gasteiger partial charge is 0.162 e. The van der Waals surface area contributed by atoms with Crippen molar-refractivity contribution in [1.82, 2.24) is 5.32 Å². The highest BCUT2D eigenvalue weighted by atomic mass is 19.2. The van der Waals surface area contributed by atoms with E-state index in [2.05, 4.69) is 19.2 Å². The standard InChI is InChI=1S/C13H17F2NO/c1-8-5-11(6-9(2)16-8)17-10-3-4-12(14)13(15)7-10/h3-4,7-9,11,16H,5-6H2,1-2H3. The summed E-state index contributed by atoms with van der Waals surface area (Å²) in [7, 11) is 0. The van der Waals surface area contributed by atoms with Crippen molar-refractivity contribution in [3.63, 3.8) is 0 Å². The maximum atomic E-state index is 13.0. The molecule has 17 heavy (non-hydrogen) atoms. The molecule has 1 saturated heterocycles. The Kier molecular flexibility index (Phi) is 3.62. The summed E-state index contributed by atoms with van der Waals surface area (Å²) >= 11 is 0. The third kappa shape index (κ3) is 3.16. The number of ether oxygens (including phenoxy) is 1. The van der Waals surface area contributed by atoms with Crippen LogP contribution in [-0.4, -0.2) is 18.2 Å². The first-order valence-corrected chi connectivity index (χ1v) is 5.92. The second kappa shape index (κ2) is 5.00. The summed E-state index contributed by atoms with van der Waals surface area (Å²) in [4.78, 5) is 0. The van der Waals surface area contributed by atoms with Gasteiger partial charge in [0.2, 0.25) is 0 Å². The van der Waals surface area contributed by atoms with Crippen molar-refractivity contribution in [2.75, 3.05) is 0 Å². The quantitative estimate of drug-likeness (QED) is 0.859. The van der Waals surface area contributed by atoms with Crippen molar-refractivity contribution < 1.29 is 13.5 Å². The molecule has 1 N–H and O–H groups in total. The predicted octanol–water partition coefficient (Wildman–Crippen LogP) is 2.87. The Balaban J connectivity index is 2.02. The molecular formula is C13H17F2NO. The summed E-state index contributed by atoms with van der Waals surface area (Å²) in [5.41, 5.74) is 0. The van der Waals surface area contributed by atoms with E-state index >= 15 is 0 Å². The molecule has 0 spiro atoms. The van der Waals surface area contributed by atoms with Crippen LogP contribution in [0.25, 0.3) is 0 Å². The molecule has 2 rings (SSSR count). The minimum absolute atomic E-state index is 0.0612. The van der Waals surface area contributed by atoms with Gasteiger partial charge < -0.3 is 10.1 Å². The van der Waals surface area contributed by atoms with Crippen LogP contribution in [-0.2, 0) is 0 Å². The van der Waals surface area contributed by atoms with Crippen molar-refractivity contribution in [3.8, 4) is 5.75 Å². The van der Waals surface area contributed by atoms with Gasteiger partial charge in [0.05, 0.1) is 0 Å². The summed E-state index contributed by atoms with van der Waals surface area (Å²) in [6.45, 7) is 4.19. The van der Waals surface area contributed by atoms with Gasteiger partial charge in [0.25, 0.3) is 0 Å². The second-order valence-electron chi connectivity index (χ2n) is 4.76. The van der Waals surface area contributed by atoms with Gasteiger partial charge in [-0.05, 0) is 38.8 Å². The van der Waals surface area contributed by atoms with Gasteiger partial charge in [-0.3, -0.25) is 0 Å². The molecule has 0 amide bonds. The Hall–Kier alpha value is -1.16. The van der Waals surface area contributed by atoms with E-state index in [9.17, 15) is 8.78 Å². The van der Waals surface area contributed by atoms with Crippen LogP contribution in [0.3, 0.4) is 0 Å². The number of nitrogens with one attached hydrogen (secondary N) is 1. The Morgan fingerprint density at radius 3 is 2.35 bits per heavy atom. The molecule has 1 fully saturated rings. The zero-order chi connectivity index (χ0) is 12.4. The summed E-state index contributed by atoms with van der Waals surface area (Å²) in [5, 5.41) is 3.40. The minimum Gasteiger partial charge on any atom is -0.490 e. The number of hydrogen-bond acceptors (Lipinski definition) is 2. The van der Waals surface area contributed by atoms with Crippen molar-refractivity contribution in [1.29, 1.82) is 0 Å². The van der Waals surface area contributed by atoms with Gasteiger partial charge >= 0.3 is 0 Å². The zero-order valence-corrected chi connectivity index (χ0v) is 10.0. The van der Waals surface area contributed by atoms with Gasteiger partial charge in [0.1, 0.15) is 11.9 Å². The van der Waals surface area contributed by atoms with Gasteiger partial charge in [-0.2, -0.15) is 0 Å². The van der Waals surface area contributed by atoms with E-state index in [1.165, 1.54) is 6.07 Å². The Morgan fingerprint density at radius 1 is 1.12 bits per heavy atom. The Labute approximate surface area is 100.0 Å². The minimum atomic E-state index is -0.863. The fourth-order valence-electron chi connectivity index (χ4n) is 2.35. The number of piperidine rings is 1. The van der Waals surface area contributed by atoms with Crippen molar-refractivity contribution in [3.05, 3.63) is 29.8 Å². The van der Waals surface area contributed by atoms with E-state index in [-0.39, 0.29) is 6.10 Å². The maximum absolute atomic E-state index is 13.0. The van der Waals surface area contributed by atoms with E-state index < -0.39 is 11.6 Å². The average Bonchev–Trinajstić information content (AvgIpc) is 2.22. The summed E-state index contributed by atoms with van der Waals surface area (Å²) < 4.78 is 31.5. The van der Waals surface area contributed by atoms with Crippen LogP contribution in [0.2, 0.25) is 0 Å². The van der Waals surface area contributed by atoms with E-state index in [1.807, 2.05) is 0 Å². The highest BCUT2D eigenvalue weighted by Crippen LogP contribution is 2.22. The van der Waals surface area contributed by atoms with Gasteiger partial charge in [-0.25, -0.2) is 8.78 Å². The molecule has 1 aromatic carbocycles. The molecule has 0 saturated carbocycles. The maximum Gasteiger partial charge on any atom is 0.162 e. The van der Waals surface area contributed by atoms with Crippen molar-refractivity contribution in [2.24, 2.45) is 0 Å². The molecule has 1 aliphatic rings. The van der Waals surface area contributed by atoms with Crippen molar-refractivity contribution >= 4 is 0 Å².